The molecule has 2 rings (SSSR count). The molecule has 0 bridgehead atoms. The fourth-order valence-electron chi connectivity index (χ4n) is 1.38. The van der Waals surface area contributed by atoms with Gasteiger partial charge in [-0.3, -0.25) is 0 Å². The summed E-state index contributed by atoms with van der Waals surface area (Å²) in [4.78, 5) is 0. The third-order valence-corrected chi connectivity index (χ3v) is 2.15. The Morgan fingerprint density at radius 2 is 1.35 bits per heavy atom. The van der Waals surface area contributed by atoms with Gasteiger partial charge in [0.2, 0.25) is 0 Å². The standard InChI is InChI=1S/C7H12N8O2/c1-4(16)14-6(8-10-12-14)3-7-9-11-13-15(7)5(2)17/h4-5,16-17H,3H2,1-2H3. The molecule has 0 aliphatic carbocycles. The fraction of sp³-hybridized carbons (Fsp3) is 0.714. The first kappa shape index (κ1) is 11.5. The molecule has 0 aliphatic rings. The zero-order valence-electron chi connectivity index (χ0n) is 9.33. The van der Waals surface area contributed by atoms with E-state index in [0.717, 1.165) is 0 Å². The van der Waals surface area contributed by atoms with Gasteiger partial charge in [0.1, 0.15) is 12.5 Å². The Hall–Kier alpha value is -1.94. The largest absolute Gasteiger partial charge is 0.372 e. The summed E-state index contributed by atoms with van der Waals surface area (Å²) in [6.45, 7) is 3.08. The van der Waals surface area contributed by atoms with Crippen LogP contribution in [0.1, 0.15) is 38.0 Å². The van der Waals surface area contributed by atoms with Crippen LogP contribution in [0, 0.1) is 0 Å². The van der Waals surface area contributed by atoms with Crippen molar-refractivity contribution in [1.82, 2.24) is 40.4 Å². The third-order valence-electron chi connectivity index (χ3n) is 2.15. The molecule has 2 N–H and O–H groups in total. The summed E-state index contributed by atoms with van der Waals surface area (Å²) in [6.07, 6.45) is -1.46. The van der Waals surface area contributed by atoms with Gasteiger partial charge in [-0.1, -0.05) is 0 Å². The Balaban J connectivity index is 2.25. The maximum atomic E-state index is 9.41. The Labute approximate surface area is 95.9 Å². The Kier molecular flexibility index (Phi) is 3.06. The number of hydrogen-bond acceptors (Lipinski definition) is 8. The van der Waals surface area contributed by atoms with Crippen molar-refractivity contribution in [1.29, 1.82) is 0 Å². The van der Waals surface area contributed by atoms with Crippen LogP contribution in [0.25, 0.3) is 0 Å². The maximum Gasteiger partial charge on any atom is 0.161 e. The number of rotatable bonds is 4. The van der Waals surface area contributed by atoms with Crippen molar-refractivity contribution in [3.8, 4) is 0 Å². The van der Waals surface area contributed by atoms with Crippen LogP contribution >= 0.6 is 0 Å². The summed E-state index contributed by atoms with van der Waals surface area (Å²) in [5.41, 5.74) is 0. The fourth-order valence-corrected chi connectivity index (χ4v) is 1.38. The summed E-state index contributed by atoms with van der Waals surface area (Å²) in [5.74, 6) is 0.827. The van der Waals surface area contributed by atoms with Crippen LogP contribution in [0.5, 0.6) is 0 Å². The molecule has 2 aromatic heterocycles. The van der Waals surface area contributed by atoms with E-state index >= 15 is 0 Å². The van der Waals surface area contributed by atoms with Crippen molar-refractivity contribution >= 4 is 0 Å². The van der Waals surface area contributed by atoms with Crippen LogP contribution < -0.4 is 0 Å². The average molecular weight is 240 g/mol. The Bertz CT molecular complexity index is 445. The van der Waals surface area contributed by atoms with Crippen LogP contribution in [-0.2, 0) is 6.42 Å². The molecule has 2 atom stereocenters. The quantitative estimate of drug-likeness (QED) is 0.645. The topological polar surface area (TPSA) is 128 Å². The molecule has 0 fully saturated rings. The van der Waals surface area contributed by atoms with Crippen LogP contribution in [0.15, 0.2) is 0 Å². The van der Waals surface area contributed by atoms with Crippen molar-refractivity contribution in [3.05, 3.63) is 11.6 Å². The van der Waals surface area contributed by atoms with Crippen LogP contribution in [0.2, 0.25) is 0 Å². The van der Waals surface area contributed by atoms with Gasteiger partial charge in [-0.15, -0.1) is 10.2 Å². The number of aliphatic hydroxyl groups excluding tert-OH is 2. The second-order valence-corrected chi connectivity index (χ2v) is 3.52. The second-order valence-electron chi connectivity index (χ2n) is 3.52. The van der Waals surface area contributed by atoms with Gasteiger partial charge in [0.05, 0.1) is 6.42 Å². The highest BCUT2D eigenvalue weighted by Crippen LogP contribution is 2.08. The molecule has 92 valence electrons. The normalized spacial score (nSPS) is 14.8. The molecule has 0 saturated carbocycles. The highest BCUT2D eigenvalue weighted by molar-refractivity contribution is 4.96. The van der Waals surface area contributed by atoms with Gasteiger partial charge in [-0.2, -0.15) is 0 Å². The van der Waals surface area contributed by atoms with E-state index < -0.39 is 12.5 Å². The van der Waals surface area contributed by atoms with Crippen molar-refractivity contribution in [2.45, 2.75) is 32.7 Å². The lowest BCUT2D eigenvalue weighted by Gasteiger charge is -2.08. The van der Waals surface area contributed by atoms with Gasteiger partial charge in [0.25, 0.3) is 0 Å². The van der Waals surface area contributed by atoms with Gasteiger partial charge in [-0.25, -0.2) is 9.36 Å². The Morgan fingerprint density at radius 1 is 0.941 bits per heavy atom. The molecule has 2 unspecified atom stereocenters. The zero-order chi connectivity index (χ0) is 12.4. The average Bonchev–Trinajstić information content (AvgIpc) is 2.86. The van der Waals surface area contributed by atoms with Crippen LogP contribution in [-0.4, -0.2) is 50.6 Å². The molecule has 2 aromatic rings. The molecule has 0 radical (unpaired) electrons. The summed E-state index contributed by atoms with van der Waals surface area (Å²) in [7, 11) is 0. The molecule has 0 saturated heterocycles. The maximum absolute atomic E-state index is 9.41. The van der Waals surface area contributed by atoms with E-state index in [1.165, 1.54) is 23.2 Å². The van der Waals surface area contributed by atoms with Crippen molar-refractivity contribution in [2.75, 3.05) is 0 Å². The van der Waals surface area contributed by atoms with E-state index in [0.29, 0.717) is 11.6 Å². The molecule has 0 spiro atoms. The molecule has 0 aliphatic heterocycles. The predicted molar refractivity (Wildman–Crippen MR) is 52.3 cm³/mol. The molecule has 0 amide bonds. The van der Waals surface area contributed by atoms with E-state index in [9.17, 15) is 10.2 Å². The minimum atomic E-state index is -0.837. The lowest BCUT2D eigenvalue weighted by Crippen LogP contribution is -2.15. The minimum absolute atomic E-state index is 0.218. The van der Waals surface area contributed by atoms with Crippen LogP contribution in [0.3, 0.4) is 0 Å². The van der Waals surface area contributed by atoms with E-state index in [1.807, 2.05) is 0 Å². The predicted octanol–water partition coefficient (Wildman–Crippen LogP) is -1.73. The minimum Gasteiger partial charge on any atom is -0.372 e. The summed E-state index contributed by atoms with van der Waals surface area (Å²) in [5, 5.41) is 40.5. The van der Waals surface area contributed by atoms with E-state index in [2.05, 4.69) is 31.1 Å². The van der Waals surface area contributed by atoms with Crippen molar-refractivity contribution in [3.63, 3.8) is 0 Å². The number of hydrogen-bond donors (Lipinski definition) is 2. The monoisotopic (exact) mass is 240 g/mol. The number of aliphatic hydroxyl groups is 2. The smallest absolute Gasteiger partial charge is 0.161 e. The SMILES string of the molecule is CC(O)n1nnnc1Cc1nnnn1C(C)O. The highest BCUT2D eigenvalue weighted by atomic mass is 16.3. The second kappa shape index (κ2) is 4.51. The lowest BCUT2D eigenvalue weighted by molar-refractivity contribution is 0.101. The molecular weight excluding hydrogens is 228 g/mol. The van der Waals surface area contributed by atoms with Crippen molar-refractivity contribution in [2.24, 2.45) is 0 Å². The summed E-state index contributed by atoms with van der Waals surface area (Å²) < 4.78 is 2.50. The van der Waals surface area contributed by atoms with E-state index in [4.69, 9.17) is 0 Å². The molecule has 10 nitrogen and oxygen atoms in total. The number of nitrogens with zero attached hydrogens (tertiary/aromatic N) is 8. The van der Waals surface area contributed by atoms with Gasteiger partial charge in [0.15, 0.2) is 11.6 Å². The van der Waals surface area contributed by atoms with Gasteiger partial charge in [0, 0.05) is 0 Å². The van der Waals surface area contributed by atoms with Crippen molar-refractivity contribution < 1.29 is 10.2 Å². The van der Waals surface area contributed by atoms with Gasteiger partial charge < -0.3 is 10.2 Å². The third kappa shape index (κ3) is 2.26. The number of aromatic nitrogens is 8. The Morgan fingerprint density at radius 3 is 1.71 bits per heavy atom. The van der Waals surface area contributed by atoms with E-state index in [1.54, 1.807) is 0 Å². The van der Waals surface area contributed by atoms with Gasteiger partial charge >= 0.3 is 0 Å². The molecule has 10 heteroatoms. The highest BCUT2D eigenvalue weighted by Gasteiger charge is 2.16. The first-order valence-electron chi connectivity index (χ1n) is 4.99. The zero-order valence-corrected chi connectivity index (χ0v) is 9.33. The first-order chi connectivity index (χ1) is 8.09. The lowest BCUT2D eigenvalue weighted by atomic mass is 10.3. The molecule has 17 heavy (non-hydrogen) atoms. The van der Waals surface area contributed by atoms with E-state index in [-0.39, 0.29) is 6.42 Å². The summed E-state index contributed by atoms with van der Waals surface area (Å²) in [6, 6.07) is 0. The van der Waals surface area contributed by atoms with Gasteiger partial charge in [-0.05, 0) is 34.7 Å². The molecule has 0 aromatic carbocycles. The molecular formula is C7H12N8O2. The first-order valence-corrected chi connectivity index (χ1v) is 4.99. The summed E-state index contributed by atoms with van der Waals surface area (Å²) >= 11 is 0. The molecule has 2 heterocycles. The number of tetrazole rings is 2. The van der Waals surface area contributed by atoms with Crippen LogP contribution in [0.4, 0.5) is 0 Å².